The molecule has 0 spiro atoms. The molecule has 2 N–H and O–H groups in total. The van der Waals surface area contributed by atoms with E-state index in [-0.39, 0.29) is 5.91 Å². The largest absolute Gasteiger partial charge is 0.451 e. The molecule has 0 saturated carbocycles. The van der Waals surface area contributed by atoms with Crippen molar-refractivity contribution in [1.82, 2.24) is 15.5 Å². The van der Waals surface area contributed by atoms with Crippen LogP contribution in [0.3, 0.4) is 0 Å². The van der Waals surface area contributed by atoms with Crippen molar-refractivity contribution in [3.63, 3.8) is 0 Å². The number of carbonyl (C=O) groups is 1. The quantitative estimate of drug-likeness (QED) is 0.874. The Labute approximate surface area is 124 Å². The van der Waals surface area contributed by atoms with E-state index in [2.05, 4.69) is 10.6 Å². The van der Waals surface area contributed by atoms with Crippen LogP contribution in [0.1, 0.15) is 16.1 Å². The lowest BCUT2D eigenvalue weighted by atomic mass is 10.0. The Balaban J connectivity index is 1.86. The highest BCUT2D eigenvalue weighted by Crippen LogP contribution is 2.26. The van der Waals surface area contributed by atoms with Gasteiger partial charge in [-0.3, -0.25) is 4.79 Å². The van der Waals surface area contributed by atoms with Crippen molar-refractivity contribution >= 4 is 16.9 Å². The SMILES string of the molecule is CN(C)Cc1c(C(=O)NCC2CNC2)oc2ccccc12. The predicted octanol–water partition coefficient (Wildman–Crippen LogP) is 1.44. The van der Waals surface area contributed by atoms with E-state index >= 15 is 0 Å². The molecule has 1 amide bonds. The van der Waals surface area contributed by atoms with Crippen LogP contribution in [-0.4, -0.2) is 44.5 Å². The van der Waals surface area contributed by atoms with Crippen molar-refractivity contribution in [3.8, 4) is 0 Å². The molecule has 0 aliphatic carbocycles. The summed E-state index contributed by atoms with van der Waals surface area (Å²) < 4.78 is 5.79. The zero-order chi connectivity index (χ0) is 14.8. The minimum absolute atomic E-state index is 0.116. The molecule has 5 nitrogen and oxygen atoms in total. The van der Waals surface area contributed by atoms with Gasteiger partial charge in [-0.15, -0.1) is 0 Å². The van der Waals surface area contributed by atoms with Crippen LogP contribution in [0.2, 0.25) is 0 Å². The van der Waals surface area contributed by atoms with Gasteiger partial charge in [0.25, 0.3) is 5.91 Å². The second-order valence-electron chi connectivity index (χ2n) is 5.88. The molecule has 1 aliphatic rings. The van der Waals surface area contributed by atoms with Crippen LogP contribution in [0.5, 0.6) is 0 Å². The highest BCUT2D eigenvalue weighted by molar-refractivity contribution is 5.99. The van der Waals surface area contributed by atoms with Crippen LogP contribution < -0.4 is 10.6 Å². The number of hydrogen-bond donors (Lipinski definition) is 2. The number of para-hydroxylation sites is 1. The lowest BCUT2D eigenvalue weighted by Crippen LogP contribution is -2.48. The molecule has 0 unspecified atom stereocenters. The zero-order valence-corrected chi connectivity index (χ0v) is 12.5. The molecule has 3 rings (SSSR count). The van der Waals surface area contributed by atoms with E-state index in [9.17, 15) is 4.79 Å². The fourth-order valence-corrected chi connectivity index (χ4v) is 2.57. The minimum Gasteiger partial charge on any atom is -0.451 e. The van der Waals surface area contributed by atoms with Crippen LogP contribution in [-0.2, 0) is 6.54 Å². The molecule has 1 fully saturated rings. The molecule has 21 heavy (non-hydrogen) atoms. The third kappa shape index (κ3) is 2.94. The van der Waals surface area contributed by atoms with Gasteiger partial charge in [-0.1, -0.05) is 18.2 Å². The fraction of sp³-hybridized carbons (Fsp3) is 0.438. The number of nitrogens with zero attached hydrogens (tertiary/aromatic N) is 1. The third-order valence-corrected chi connectivity index (χ3v) is 3.80. The molecule has 1 saturated heterocycles. The van der Waals surface area contributed by atoms with Gasteiger partial charge in [0.2, 0.25) is 0 Å². The summed E-state index contributed by atoms with van der Waals surface area (Å²) in [5.41, 5.74) is 1.73. The van der Waals surface area contributed by atoms with E-state index in [1.165, 1.54) is 0 Å². The first kappa shape index (κ1) is 14.1. The second-order valence-corrected chi connectivity index (χ2v) is 5.88. The summed E-state index contributed by atoms with van der Waals surface area (Å²) >= 11 is 0. The van der Waals surface area contributed by atoms with Gasteiger partial charge in [0.15, 0.2) is 5.76 Å². The Kier molecular flexibility index (Phi) is 3.94. The molecule has 5 heteroatoms. The van der Waals surface area contributed by atoms with Crippen molar-refractivity contribution in [1.29, 1.82) is 0 Å². The third-order valence-electron chi connectivity index (χ3n) is 3.80. The molecule has 0 bridgehead atoms. The Hall–Kier alpha value is -1.85. The summed E-state index contributed by atoms with van der Waals surface area (Å²) in [6, 6.07) is 7.80. The first-order chi connectivity index (χ1) is 10.1. The maximum atomic E-state index is 12.4. The number of amides is 1. The average molecular weight is 287 g/mol. The molecule has 0 radical (unpaired) electrons. The van der Waals surface area contributed by atoms with E-state index in [1.807, 2.05) is 43.3 Å². The normalized spacial score (nSPS) is 15.4. The zero-order valence-electron chi connectivity index (χ0n) is 12.5. The predicted molar refractivity (Wildman–Crippen MR) is 82.3 cm³/mol. The summed E-state index contributed by atoms with van der Waals surface area (Å²) in [6.45, 7) is 3.34. The van der Waals surface area contributed by atoms with Crippen LogP contribution in [0.4, 0.5) is 0 Å². The van der Waals surface area contributed by atoms with Gasteiger partial charge in [0, 0.05) is 43.0 Å². The Morgan fingerprint density at radius 2 is 2.14 bits per heavy atom. The smallest absolute Gasteiger partial charge is 0.287 e. The van der Waals surface area contributed by atoms with Gasteiger partial charge >= 0.3 is 0 Å². The van der Waals surface area contributed by atoms with Crippen molar-refractivity contribution < 1.29 is 9.21 Å². The molecule has 1 aromatic heterocycles. The van der Waals surface area contributed by atoms with Crippen LogP contribution in [0.25, 0.3) is 11.0 Å². The van der Waals surface area contributed by atoms with E-state index in [1.54, 1.807) is 0 Å². The van der Waals surface area contributed by atoms with Crippen molar-refractivity contribution in [2.75, 3.05) is 33.7 Å². The van der Waals surface area contributed by atoms with Crippen molar-refractivity contribution in [3.05, 3.63) is 35.6 Å². The highest BCUT2D eigenvalue weighted by atomic mass is 16.3. The van der Waals surface area contributed by atoms with E-state index in [4.69, 9.17) is 4.42 Å². The standard InChI is InChI=1S/C16H21N3O2/c1-19(2)10-13-12-5-3-4-6-14(12)21-15(13)16(20)18-9-11-7-17-8-11/h3-6,11,17H,7-10H2,1-2H3,(H,18,20). The number of benzene rings is 1. The van der Waals surface area contributed by atoms with Crippen LogP contribution >= 0.6 is 0 Å². The molecule has 0 atom stereocenters. The summed E-state index contributed by atoms with van der Waals surface area (Å²) in [7, 11) is 3.98. The van der Waals surface area contributed by atoms with E-state index in [0.717, 1.165) is 29.6 Å². The van der Waals surface area contributed by atoms with Gasteiger partial charge in [0.05, 0.1) is 0 Å². The monoisotopic (exact) mass is 287 g/mol. The van der Waals surface area contributed by atoms with Crippen LogP contribution in [0, 0.1) is 5.92 Å². The lowest BCUT2D eigenvalue weighted by molar-refractivity contribution is 0.0914. The van der Waals surface area contributed by atoms with Crippen LogP contribution in [0.15, 0.2) is 28.7 Å². The summed E-state index contributed by atoms with van der Waals surface area (Å²) in [4.78, 5) is 14.5. The van der Waals surface area contributed by atoms with E-state index in [0.29, 0.717) is 24.8 Å². The van der Waals surface area contributed by atoms with E-state index < -0.39 is 0 Å². The lowest BCUT2D eigenvalue weighted by Gasteiger charge is -2.26. The number of hydrogen-bond acceptors (Lipinski definition) is 4. The van der Waals surface area contributed by atoms with Gasteiger partial charge in [0.1, 0.15) is 5.58 Å². The molecule has 1 aliphatic heterocycles. The van der Waals surface area contributed by atoms with Crippen molar-refractivity contribution in [2.45, 2.75) is 6.54 Å². The number of furan rings is 1. The Bertz CT molecular complexity index is 644. The summed E-state index contributed by atoms with van der Waals surface area (Å²) in [6.07, 6.45) is 0. The minimum atomic E-state index is -0.116. The van der Waals surface area contributed by atoms with Gasteiger partial charge in [-0.25, -0.2) is 0 Å². The topological polar surface area (TPSA) is 57.5 Å². The summed E-state index contributed by atoms with van der Waals surface area (Å²) in [5.74, 6) is 0.864. The molecule has 112 valence electrons. The maximum Gasteiger partial charge on any atom is 0.287 e. The number of carbonyl (C=O) groups excluding carboxylic acids is 1. The Morgan fingerprint density at radius 1 is 1.38 bits per heavy atom. The number of rotatable bonds is 5. The molecule has 1 aromatic carbocycles. The first-order valence-corrected chi connectivity index (χ1v) is 7.29. The van der Waals surface area contributed by atoms with Crippen molar-refractivity contribution in [2.24, 2.45) is 5.92 Å². The summed E-state index contributed by atoms with van der Waals surface area (Å²) in [5, 5.41) is 7.20. The second kappa shape index (κ2) is 5.87. The highest BCUT2D eigenvalue weighted by Gasteiger charge is 2.23. The van der Waals surface area contributed by atoms with Gasteiger partial charge < -0.3 is 20.0 Å². The maximum absolute atomic E-state index is 12.4. The number of nitrogens with one attached hydrogen (secondary N) is 2. The van der Waals surface area contributed by atoms with Gasteiger partial charge in [-0.2, -0.15) is 0 Å². The first-order valence-electron chi connectivity index (χ1n) is 7.29. The molecular weight excluding hydrogens is 266 g/mol. The Morgan fingerprint density at radius 3 is 2.81 bits per heavy atom. The van der Waals surface area contributed by atoms with Gasteiger partial charge in [-0.05, 0) is 20.2 Å². The number of fused-ring (bicyclic) bond motifs is 1. The average Bonchev–Trinajstić information content (AvgIpc) is 2.75. The fourth-order valence-electron chi connectivity index (χ4n) is 2.57. The molecule has 2 heterocycles. The molecule has 2 aromatic rings. The molecular formula is C16H21N3O2.